The van der Waals surface area contributed by atoms with Crippen LogP contribution in [0.3, 0.4) is 0 Å². The zero-order chi connectivity index (χ0) is 20.2. The first-order chi connectivity index (χ1) is 14.1. The van der Waals surface area contributed by atoms with E-state index in [0.717, 1.165) is 36.2 Å². The van der Waals surface area contributed by atoms with Gasteiger partial charge in [-0.15, -0.1) is 0 Å². The second-order valence-corrected chi connectivity index (χ2v) is 8.47. The Labute approximate surface area is 181 Å². The topological polar surface area (TPSA) is 23.6 Å². The molecule has 1 atom stereocenters. The van der Waals surface area contributed by atoms with Crippen LogP contribution in [0, 0.1) is 6.92 Å². The van der Waals surface area contributed by atoms with E-state index in [1.807, 2.05) is 36.1 Å². The Hall–Kier alpha value is -2.43. The predicted octanol–water partition coefficient (Wildman–Crippen LogP) is 5.30. The summed E-state index contributed by atoms with van der Waals surface area (Å²) < 4.78 is 1.08. The van der Waals surface area contributed by atoms with E-state index >= 15 is 0 Å². The lowest BCUT2D eigenvalue weighted by Gasteiger charge is -2.40. The van der Waals surface area contributed by atoms with Gasteiger partial charge in [-0.1, -0.05) is 76.1 Å². The summed E-state index contributed by atoms with van der Waals surface area (Å²) in [4.78, 5) is 17.3. The zero-order valence-corrected chi connectivity index (χ0v) is 18.2. The summed E-state index contributed by atoms with van der Waals surface area (Å²) in [5, 5.41) is 0. The van der Waals surface area contributed by atoms with E-state index in [0.29, 0.717) is 0 Å². The molecule has 0 radical (unpaired) electrons. The molecule has 0 aliphatic carbocycles. The highest BCUT2D eigenvalue weighted by Crippen LogP contribution is 2.30. The molecule has 3 aromatic carbocycles. The van der Waals surface area contributed by atoms with Crippen LogP contribution in [0.5, 0.6) is 0 Å². The van der Waals surface area contributed by atoms with Crippen molar-refractivity contribution < 1.29 is 4.79 Å². The number of rotatable bonds is 4. The lowest BCUT2D eigenvalue weighted by molar-refractivity contribution is 0.0597. The number of benzene rings is 3. The summed E-state index contributed by atoms with van der Waals surface area (Å²) in [6.45, 7) is 5.23. The van der Waals surface area contributed by atoms with Gasteiger partial charge in [0, 0.05) is 36.2 Å². The van der Waals surface area contributed by atoms with Gasteiger partial charge < -0.3 is 4.90 Å². The van der Waals surface area contributed by atoms with E-state index < -0.39 is 0 Å². The fourth-order valence-electron chi connectivity index (χ4n) is 3.96. The highest BCUT2D eigenvalue weighted by Gasteiger charge is 2.28. The van der Waals surface area contributed by atoms with Crippen LogP contribution in [-0.4, -0.2) is 41.9 Å². The van der Waals surface area contributed by atoms with E-state index in [2.05, 4.69) is 75.4 Å². The number of hydrogen-bond donors (Lipinski definition) is 0. The quantitative estimate of drug-likeness (QED) is 0.540. The molecule has 1 fully saturated rings. The molecule has 0 unspecified atom stereocenters. The number of piperazine rings is 1. The third-order valence-corrected chi connectivity index (χ3v) is 6.09. The maximum absolute atomic E-state index is 12.9. The molecule has 0 saturated carbocycles. The number of carbonyl (C=O) groups excluding carboxylic acids is 1. The van der Waals surface area contributed by atoms with Crippen LogP contribution in [0.25, 0.3) is 0 Å². The largest absolute Gasteiger partial charge is 0.336 e. The van der Waals surface area contributed by atoms with Crippen molar-refractivity contribution >= 4 is 21.8 Å². The minimum Gasteiger partial charge on any atom is -0.336 e. The highest BCUT2D eigenvalue weighted by molar-refractivity contribution is 9.10. The average molecular weight is 449 g/mol. The SMILES string of the molecule is Cc1ccc(C(=O)N2CCN([C@H](c3ccccc3)c3ccc(Br)cc3)CC2)cc1. The zero-order valence-electron chi connectivity index (χ0n) is 16.6. The van der Waals surface area contributed by atoms with Crippen molar-refractivity contribution in [2.75, 3.05) is 26.2 Å². The van der Waals surface area contributed by atoms with Gasteiger partial charge in [0.1, 0.15) is 0 Å². The Bertz CT molecular complexity index is 946. The normalized spacial score (nSPS) is 15.9. The van der Waals surface area contributed by atoms with Crippen LogP contribution in [0.15, 0.2) is 83.3 Å². The van der Waals surface area contributed by atoms with Crippen molar-refractivity contribution in [2.24, 2.45) is 0 Å². The fourth-order valence-corrected chi connectivity index (χ4v) is 4.22. The van der Waals surface area contributed by atoms with Gasteiger partial charge in [-0.2, -0.15) is 0 Å². The summed E-state index contributed by atoms with van der Waals surface area (Å²) >= 11 is 3.54. The Kier molecular flexibility index (Phi) is 6.12. The molecule has 29 heavy (non-hydrogen) atoms. The first kappa shape index (κ1) is 19.9. The van der Waals surface area contributed by atoms with Gasteiger partial charge in [0.05, 0.1) is 6.04 Å². The van der Waals surface area contributed by atoms with Crippen molar-refractivity contribution in [3.05, 3.63) is 106 Å². The van der Waals surface area contributed by atoms with Crippen LogP contribution >= 0.6 is 15.9 Å². The summed E-state index contributed by atoms with van der Waals surface area (Å²) in [6.07, 6.45) is 0. The number of nitrogens with zero attached hydrogens (tertiary/aromatic N) is 2. The van der Waals surface area contributed by atoms with Gasteiger partial charge in [-0.25, -0.2) is 0 Å². The van der Waals surface area contributed by atoms with E-state index in [1.54, 1.807) is 0 Å². The molecule has 0 spiro atoms. The molecule has 1 aliphatic rings. The Morgan fingerprint density at radius 2 is 1.38 bits per heavy atom. The van der Waals surface area contributed by atoms with Crippen molar-refractivity contribution in [2.45, 2.75) is 13.0 Å². The molecule has 148 valence electrons. The number of halogens is 1. The van der Waals surface area contributed by atoms with E-state index in [4.69, 9.17) is 0 Å². The van der Waals surface area contributed by atoms with Gasteiger partial charge in [-0.3, -0.25) is 9.69 Å². The lowest BCUT2D eigenvalue weighted by atomic mass is 9.96. The van der Waals surface area contributed by atoms with Crippen LogP contribution in [0.4, 0.5) is 0 Å². The van der Waals surface area contributed by atoms with Gasteiger partial charge in [0.15, 0.2) is 0 Å². The van der Waals surface area contributed by atoms with Gasteiger partial charge >= 0.3 is 0 Å². The van der Waals surface area contributed by atoms with Crippen LogP contribution < -0.4 is 0 Å². The summed E-state index contributed by atoms with van der Waals surface area (Å²) in [5.74, 6) is 0.129. The average Bonchev–Trinajstić information content (AvgIpc) is 2.77. The predicted molar refractivity (Wildman–Crippen MR) is 121 cm³/mol. The van der Waals surface area contributed by atoms with Crippen molar-refractivity contribution in [3.8, 4) is 0 Å². The number of carbonyl (C=O) groups is 1. The van der Waals surface area contributed by atoms with Gasteiger partial charge in [-0.05, 0) is 42.3 Å². The first-order valence-electron chi connectivity index (χ1n) is 10.0. The minimum atomic E-state index is 0.129. The third-order valence-electron chi connectivity index (χ3n) is 5.57. The highest BCUT2D eigenvalue weighted by atomic mass is 79.9. The number of hydrogen-bond acceptors (Lipinski definition) is 2. The molecule has 1 heterocycles. The maximum Gasteiger partial charge on any atom is 0.253 e. The molecule has 1 aliphatic heterocycles. The molecule has 0 N–H and O–H groups in total. The number of aryl methyl sites for hydroxylation is 1. The molecule has 4 heteroatoms. The summed E-state index contributed by atoms with van der Waals surface area (Å²) in [7, 11) is 0. The minimum absolute atomic E-state index is 0.129. The van der Waals surface area contributed by atoms with E-state index in [9.17, 15) is 4.79 Å². The van der Waals surface area contributed by atoms with Crippen LogP contribution in [0.2, 0.25) is 0 Å². The molecular weight excluding hydrogens is 424 g/mol. The first-order valence-corrected chi connectivity index (χ1v) is 10.8. The molecule has 3 nitrogen and oxygen atoms in total. The molecule has 0 bridgehead atoms. The van der Waals surface area contributed by atoms with Gasteiger partial charge in [0.25, 0.3) is 5.91 Å². The summed E-state index contributed by atoms with van der Waals surface area (Å²) in [5.41, 5.74) is 4.51. The Morgan fingerprint density at radius 1 is 0.793 bits per heavy atom. The van der Waals surface area contributed by atoms with Crippen molar-refractivity contribution in [3.63, 3.8) is 0 Å². The molecule has 0 aromatic heterocycles. The number of amides is 1. The molecule has 1 saturated heterocycles. The monoisotopic (exact) mass is 448 g/mol. The van der Waals surface area contributed by atoms with Crippen LogP contribution in [-0.2, 0) is 0 Å². The maximum atomic E-state index is 12.9. The molecule has 1 amide bonds. The molecule has 4 rings (SSSR count). The van der Waals surface area contributed by atoms with Crippen molar-refractivity contribution in [1.82, 2.24) is 9.80 Å². The van der Waals surface area contributed by atoms with Crippen molar-refractivity contribution in [1.29, 1.82) is 0 Å². The fraction of sp³-hybridized carbons (Fsp3) is 0.240. The molecule has 3 aromatic rings. The second-order valence-electron chi connectivity index (χ2n) is 7.56. The second kappa shape index (κ2) is 8.93. The lowest BCUT2D eigenvalue weighted by Crippen LogP contribution is -2.49. The van der Waals surface area contributed by atoms with E-state index in [-0.39, 0.29) is 11.9 Å². The molecular formula is C25H25BrN2O. The van der Waals surface area contributed by atoms with Gasteiger partial charge in [0.2, 0.25) is 0 Å². The standard InChI is InChI=1S/C25H25BrN2O/c1-19-7-9-22(10-8-19)25(29)28-17-15-27(16-18-28)24(20-5-3-2-4-6-20)21-11-13-23(26)14-12-21/h2-14,24H,15-18H2,1H3/t24-/m1/s1. The smallest absolute Gasteiger partial charge is 0.253 e. The third kappa shape index (κ3) is 4.60. The Balaban J connectivity index is 1.51. The van der Waals surface area contributed by atoms with E-state index in [1.165, 1.54) is 16.7 Å². The van der Waals surface area contributed by atoms with Crippen LogP contribution in [0.1, 0.15) is 33.1 Å². The summed E-state index contributed by atoms with van der Waals surface area (Å²) in [6, 6.07) is 27.3. The Morgan fingerprint density at radius 3 is 2.00 bits per heavy atom.